The smallest absolute Gasteiger partial charge is 0.274 e. The Morgan fingerprint density at radius 2 is 1.97 bits per heavy atom. The van der Waals surface area contributed by atoms with Crippen molar-refractivity contribution in [3.05, 3.63) is 52.6 Å². The van der Waals surface area contributed by atoms with Gasteiger partial charge in [0.05, 0.1) is 6.10 Å². The van der Waals surface area contributed by atoms with Gasteiger partial charge in [-0.2, -0.15) is 0 Å². The van der Waals surface area contributed by atoms with Gasteiger partial charge in [0.1, 0.15) is 11.3 Å². The number of pyridine rings is 1. The lowest BCUT2D eigenvalue weighted by molar-refractivity contribution is 0.155. The standard InChI is InChI=1S/C21H25N3O4S/c1-24-13-18(16-9-10-22-20(16)21(24)25)17-11-14(12-23-29(26)27)7-8-19(17)28-15-5-3-2-4-6-15/h7-11,13,15,22,29H,2-6,12H2,1H3,(H,23,26,27). The first-order chi connectivity index (χ1) is 14.0. The molecule has 0 bridgehead atoms. The van der Waals surface area contributed by atoms with E-state index in [2.05, 4.69) is 9.71 Å². The number of fused-ring (bicyclic) bond motifs is 1. The summed E-state index contributed by atoms with van der Waals surface area (Å²) in [6.45, 7) is 0.206. The highest BCUT2D eigenvalue weighted by Gasteiger charge is 2.19. The van der Waals surface area contributed by atoms with E-state index in [1.165, 1.54) is 19.3 Å². The molecule has 1 saturated carbocycles. The molecule has 29 heavy (non-hydrogen) atoms. The highest BCUT2D eigenvalue weighted by atomic mass is 32.2. The second-order valence-corrected chi connectivity index (χ2v) is 8.36. The van der Waals surface area contributed by atoms with Crippen LogP contribution >= 0.6 is 0 Å². The first-order valence-electron chi connectivity index (χ1n) is 9.87. The van der Waals surface area contributed by atoms with Gasteiger partial charge in [-0.25, -0.2) is 13.1 Å². The monoisotopic (exact) mass is 415 g/mol. The van der Waals surface area contributed by atoms with Crippen LogP contribution in [-0.2, 0) is 24.5 Å². The minimum atomic E-state index is -2.67. The predicted molar refractivity (Wildman–Crippen MR) is 114 cm³/mol. The van der Waals surface area contributed by atoms with Gasteiger partial charge in [-0.3, -0.25) is 4.79 Å². The van der Waals surface area contributed by atoms with Crippen molar-refractivity contribution in [3.63, 3.8) is 0 Å². The van der Waals surface area contributed by atoms with E-state index in [1.807, 2.05) is 30.5 Å². The maximum atomic E-state index is 12.4. The van der Waals surface area contributed by atoms with Crippen molar-refractivity contribution in [1.29, 1.82) is 0 Å². The molecule has 3 aromatic rings. The summed E-state index contributed by atoms with van der Waals surface area (Å²) < 4.78 is 32.3. The van der Waals surface area contributed by atoms with Crippen molar-refractivity contribution in [2.24, 2.45) is 7.05 Å². The maximum absolute atomic E-state index is 12.4. The average molecular weight is 416 g/mol. The Labute approximate surface area is 170 Å². The summed E-state index contributed by atoms with van der Waals surface area (Å²) in [6.07, 6.45) is 9.39. The average Bonchev–Trinajstić information content (AvgIpc) is 3.21. The molecule has 154 valence electrons. The second-order valence-electron chi connectivity index (χ2n) is 7.53. The van der Waals surface area contributed by atoms with Crippen LogP contribution in [-0.4, -0.2) is 24.1 Å². The normalized spacial score (nSPS) is 15.2. The summed E-state index contributed by atoms with van der Waals surface area (Å²) >= 11 is 0. The lowest BCUT2D eigenvalue weighted by Crippen LogP contribution is -2.20. The van der Waals surface area contributed by atoms with E-state index in [4.69, 9.17) is 4.74 Å². The fourth-order valence-electron chi connectivity index (χ4n) is 4.00. The quantitative estimate of drug-likeness (QED) is 0.540. The molecule has 0 spiro atoms. The number of nitrogens with one attached hydrogen (secondary N) is 2. The van der Waals surface area contributed by atoms with Gasteiger partial charge in [-0.1, -0.05) is 12.5 Å². The van der Waals surface area contributed by atoms with E-state index in [0.29, 0.717) is 5.52 Å². The number of hydrogen-bond donors (Lipinski definition) is 3. The molecule has 2 N–H and O–H groups in total. The van der Waals surface area contributed by atoms with E-state index >= 15 is 0 Å². The summed E-state index contributed by atoms with van der Waals surface area (Å²) in [5.74, 6) is 0.758. The Hall–Kier alpha value is -2.58. The Balaban J connectivity index is 1.82. The molecule has 1 aliphatic carbocycles. The van der Waals surface area contributed by atoms with Crippen molar-refractivity contribution in [1.82, 2.24) is 14.3 Å². The minimum absolute atomic E-state index is 0.0929. The predicted octanol–water partition coefficient (Wildman–Crippen LogP) is 2.86. The Morgan fingerprint density at radius 3 is 2.72 bits per heavy atom. The lowest BCUT2D eigenvalue weighted by atomic mass is 9.97. The van der Waals surface area contributed by atoms with Crippen molar-refractivity contribution in [2.45, 2.75) is 44.8 Å². The van der Waals surface area contributed by atoms with Crippen molar-refractivity contribution in [3.8, 4) is 16.9 Å². The number of rotatable bonds is 6. The third kappa shape index (κ3) is 4.23. The van der Waals surface area contributed by atoms with Crippen LogP contribution in [0.5, 0.6) is 5.75 Å². The molecule has 8 heteroatoms. The molecule has 1 fully saturated rings. The fraction of sp³-hybridized carbons (Fsp3) is 0.381. The number of aromatic nitrogens is 2. The molecule has 2 heterocycles. The van der Waals surface area contributed by atoms with E-state index in [0.717, 1.165) is 40.7 Å². The zero-order valence-electron chi connectivity index (χ0n) is 16.3. The molecule has 4 rings (SSSR count). The van der Waals surface area contributed by atoms with Crippen molar-refractivity contribution >= 4 is 21.8 Å². The van der Waals surface area contributed by atoms with Crippen LogP contribution < -0.4 is 15.0 Å². The third-order valence-electron chi connectivity index (χ3n) is 5.49. The summed E-state index contributed by atoms with van der Waals surface area (Å²) in [4.78, 5) is 15.5. The topological polar surface area (TPSA) is 93.2 Å². The lowest BCUT2D eigenvalue weighted by Gasteiger charge is -2.25. The van der Waals surface area contributed by atoms with Gasteiger partial charge in [-0.05, 0) is 49.4 Å². The Kier molecular flexibility index (Phi) is 5.73. The van der Waals surface area contributed by atoms with Crippen LogP contribution in [0.4, 0.5) is 0 Å². The molecular weight excluding hydrogens is 390 g/mol. The van der Waals surface area contributed by atoms with Crippen molar-refractivity contribution in [2.75, 3.05) is 0 Å². The van der Waals surface area contributed by atoms with E-state index in [1.54, 1.807) is 17.8 Å². The molecule has 7 nitrogen and oxygen atoms in total. The molecular formula is C21H25N3O4S. The molecule has 0 atom stereocenters. The zero-order valence-corrected chi connectivity index (χ0v) is 17.2. The summed E-state index contributed by atoms with van der Waals surface area (Å²) in [5.41, 5.74) is 3.01. The molecule has 2 aromatic heterocycles. The first-order valence-corrected chi connectivity index (χ1v) is 11.1. The van der Waals surface area contributed by atoms with Crippen LogP contribution in [0, 0.1) is 0 Å². The van der Waals surface area contributed by atoms with Gasteiger partial charge in [-0.15, -0.1) is 0 Å². The molecule has 1 aliphatic rings. The molecule has 0 aliphatic heterocycles. The third-order valence-corrected chi connectivity index (χ3v) is 5.90. The largest absolute Gasteiger partial charge is 0.490 e. The number of aromatic amines is 1. The molecule has 0 saturated heterocycles. The SMILES string of the molecule is Cn1cc(-c2cc(CN[SH](=O)=O)ccc2OC2CCCCC2)c2cc[nH]c2c1=O. The summed E-state index contributed by atoms with van der Waals surface area (Å²) in [5, 5.41) is 0.821. The van der Waals surface area contributed by atoms with Gasteiger partial charge in [0.25, 0.3) is 5.56 Å². The molecule has 0 amide bonds. The number of ether oxygens (including phenoxy) is 1. The van der Waals surface area contributed by atoms with Crippen LogP contribution in [0.15, 0.2) is 41.5 Å². The van der Waals surface area contributed by atoms with E-state index in [9.17, 15) is 13.2 Å². The van der Waals surface area contributed by atoms with Crippen molar-refractivity contribution < 1.29 is 13.2 Å². The van der Waals surface area contributed by atoms with Gasteiger partial charge in [0.2, 0.25) is 10.9 Å². The summed E-state index contributed by atoms with van der Waals surface area (Å²) in [6, 6.07) is 7.61. The Morgan fingerprint density at radius 1 is 1.17 bits per heavy atom. The van der Waals surface area contributed by atoms with Crippen LogP contribution in [0.1, 0.15) is 37.7 Å². The number of nitrogens with zero attached hydrogens (tertiary/aromatic N) is 1. The van der Waals surface area contributed by atoms with Gasteiger partial charge in [0.15, 0.2) is 0 Å². The molecule has 0 radical (unpaired) electrons. The number of H-pyrrole nitrogens is 1. The minimum Gasteiger partial charge on any atom is -0.490 e. The van der Waals surface area contributed by atoms with Gasteiger partial charge < -0.3 is 14.3 Å². The van der Waals surface area contributed by atoms with Crippen LogP contribution in [0.25, 0.3) is 22.0 Å². The Bertz CT molecular complexity index is 1150. The maximum Gasteiger partial charge on any atom is 0.274 e. The molecule has 1 aromatic carbocycles. The fourth-order valence-corrected chi connectivity index (χ4v) is 4.31. The summed E-state index contributed by atoms with van der Waals surface area (Å²) in [7, 11) is -0.948. The van der Waals surface area contributed by atoms with Crippen LogP contribution in [0.3, 0.4) is 0 Å². The van der Waals surface area contributed by atoms with Crippen LogP contribution in [0.2, 0.25) is 0 Å². The number of hydrogen-bond acceptors (Lipinski definition) is 4. The van der Waals surface area contributed by atoms with Gasteiger partial charge >= 0.3 is 0 Å². The van der Waals surface area contributed by atoms with E-state index < -0.39 is 10.9 Å². The molecule has 0 unspecified atom stereocenters. The number of thiol groups is 1. The first kappa shape index (κ1) is 19.7. The zero-order chi connectivity index (χ0) is 20.4. The second kappa shape index (κ2) is 8.42. The highest BCUT2D eigenvalue weighted by Crippen LogP contribution is 2.36. The number of aryl methyl sites for hydroxylation is 1. The van der Waals surface area contributed by atoms with Gasteiger partial charge in [0, 0.05) is 42.5 Å². The van der Waals surface area contributed by atoms with E-state index in [-0.39, 0.29) is 18.2 Å². The highest BCUT2D eigenvalue weighted by molar-refractivity contribution is 7.70. The number of benzene rings is 1.